The number of fused-ring (bicyclic) bond motifs is 2. The summed E-state index contributed by atoms with van der Waals surface area (Å²) in [5.41, 5.74) is 1.09. The van der Waals surface area contributed by atoms with Gasteiger partial charge in [-0.15, -0.1) is 0 Å². The highest BCUT2D eigenvalue weighted by molar-refractivity contribution is 5.98. The SMILES string of the molecule is COc1cc(C2CC(=O)Oc3cc4c(c(O)c32)C(=O)O[C@@H](C)CCCC(=O)CCC/C=C/4)cc(OC)c1O. The summed E-state index contributed by atoms with van der Waals surface area (Å²) in [4.78, 5) is 38.0. The van der Waals surface area contributed by atoms with Gasteiger partial charge in [-0.2, -0.15) is 0 Å². The number of ketones is 1. The Hall–Kier alpha value is -4.01. The van der Waals surface area contributed by atoms with Crippen LogP contribution in [0, 0.1) is 0 Å². The maximum atomic E-state index is 13.3. The normalized spacial score (nSPS) is 21.3. The molecule has 0 radical (unpaired) electrons. The van der Waals surface area contributed by atoms with Crippen molar-refractivity contribution in [3.63, 3.8) is 0 Å². The van der Waals surface area contributed by atoms with E-state index >= 15 is 0 Å². The second kappa shape index (κ2) is 11.6. The fraction of sp³-hybridized carbons (Fsp3) is 0.414. The smallest absolute Gasteiger partial charge is 0.342 e. The van der Waals surface area contributed by atoms with E-state index in [0.29, 0.717) is 49.7 Å². The molecular weight excluding hydrogens is 492 g/mol. The van der Waals surface area contributed by atoms with Crippen LogP contribution in [0.15, 0.2) is 24.3 Å². The van der Waals surface area contributed by atoms with Gasteiger partial charge in [-0.3, -0.25) is 9.59 Å². The van der Waals surface area contributed by atoms with Crippen LogP contribution in [0.4, 0.5) is 0 Å². The number of Topliss-reactive ketones (excluding diaryl/α,β-unsaturated/α-hetero) is 1. The number of benzene rings is 2. The lowest BCUT2D eigenvalue weighted by Gasteiger charge is -2.28. The number of aromatic hydroxyl groups is 2. The molecule has 202 valence electrons. The number of carbonyl (C=O) groups excluding carboxylic acids is 3. The number of rotatable bonds is 3. The predicted octanol–water partition coefficient (Wildman–Crippen LogP) is 5.04. The van der Waals surface area contributed by atoms with Crippen molar-refractivity contribution in [3.05, 3.63) is 46.5 Å². The van der Waals surface area contributed by atoms with Crippen molar-refractivity contribution in [1.82, 2.24) is 0 Å². The molecule has 2 aliphatic rings. The molecule has 0 fully saturated rings. The van der Waals surface area contributed by atoms with Gasteiger partial charge in [0.1, 0.15) is 22.8 Å². The first-order valence-electron chi connectivity index (χ1n) is 12.7. The number of carbonyl (C=O) groups is 3. The van der Waals surface area contributed by atoms with Crippen LogP contribution < -0.4 is 14.2 Å². The van der Waals surface area contributed by atoms with Gasteiger partial charge < -0.3 is 29.2 Å². The van der Waals surface area contributed by atoms with E-state index in [2.05, 4.69) is 0 Å². The largest absolute Gasteiger partial charge is 0.507 e. The number of phenols is 2. The first-order chi connectivity index (χ1) is 18.2. The monoisotopic (exact) mass is 524 g/mol. The van der Waals surface area contributed by atoms with E-state index in [4.69, 9.17) is 18.9 Å². The molecule has 2 aromatic carbocycles. The summed E-state index contributed by atoms with van der Waals surface area (Å²) in [7, 11) is 2.78. The lowest BCUT2D eigenvalue weighted by atomic mass is 9.83. The Morgan fingerprint density at radius 1 is 0.947 bits per heavy atom. The molecule has 2 atom stereocenters. The molecule has 0 bridgehead atoms. The number of allylic oxidation sites excluding steroid dienone is 1. The van der Waals surface area contributed by atoms with E-state index in [0.717, 1.165) is 0 Å². The number of ether oxygens (including phenoxy) is 4. The van der Waals surface area contributed by atoms with Crippen LogP contribution in [0.3, 0.4) is 0 Å². The van der Waals surface area contributed by atoms with E-state index in [1.807, 2.05) is 6.08 Å². The average Bonchev–Trinajstić information content (AvgIpc) is 2.87. The lowest BCUT2D eigenvalue weighted by Crippen LogP contribution is -2.23. The highest BCUT2D eigenvalue weighted by Crippen LogP contribution is 2.49. The summed E-state index contributed by atoms with van der Waals surface area (Å²) >= 11 is 0. The molecule has 0 saturated heterocycles. The van der Waals surface area contributed by atoms with E-state index in [1.54, 1.807) is 31.2 Å². The Kier molecular flexibility index (Phi) is 8.24. The zero-order chi connectivity index (χ0) is 27.4. The summed E-state index contributed by atoms with van der Waals surface area (Å²) in [6.45, 7) is 1.75. The topological polar surface area (TPSA) is 129 Å². The molecule has 0 aliphatic carbocycles. The summed E-state index contributed by atoms with van der Waals surface area (Å²) in [5.74, 6) is -1.92. The molecule has 4 rings (SSSR count). The van der Waals surface area contributed by atoms with Gasteiger partial charge in [0.05, 0.1) is 26.7 Å². The molecule has 9 nitrogen and oxygen atoms in total. The summed E-state index contributed by atoms with van der Waals surface area (Å²) in [6, 6.07) is 4.65. The van der Waals surface area contributed by atoms with Gasteiger partial charge in [0, 0.05) is 24.3 Å². The van der Waals surface area contributed by atoms with Crippen molar-refractivity contribution >= 4 is 23.8 Å². The Bertz CT molecular complexity index is 1250. The fourth-order valence-electron chi connectivity index (χ4n) is 4.92. The van der Waals surface area contributed by atoms with Crippen molar-refractivity contribution in [2.75, 3.05) is 14.2 Å². The summed E-state index contributed by atoms with van der Waals surface area (Å²) < 4.78 is 21.7. The van der Waals surface area contributed by atoms with Crippen LogP contribution in [-0.2, 0) is 14.3 Å². The molecule has 1 unspecified atom stereocenters. The molecule has 2 N–H and O–H groups in total. The Balaban J connectivity index is 1.85. The van der Waals surface area contributed by atoms with E-state index < -0.39 is 24.0 Å². The second-order valence-electron chi connectivity index (χ2n) is 9.55. The summed E-state index contributed by atoms with van der Waals surface area (Å²) in [6.07, 6.45) is 6.20. The number of phenolic OH excluding ortho intramolecular Hbond substituents is 2. The Morgan fingerprint density at radius 3 is 2.32 bits per heavy atom. The van der Waals surface area contributed by atoms with Crippen LogP contribution in [0.2, 0.25) is 0 Å². The van der Waals surface area contributed by atoms with Gasteiger partial charge in [0.15, 0.2) is 11.5 Å². The maximum absolute atomic E-state index is 13.3. The van der Waals surface area contributed by atoms with E-state index in [1.165, 1.54) is 14.2 Å². The van der Waals surface area contributed by atoms with Gasteiger partial charge in [-0.1, -0.05) is 12.2 Å². The highest BCUT2D eigenvalue weighted by atomic mass is 16.5. The third kappa shape index (κ3) is 5.61. The van der Waals surface area contributed by atoms with E-state index in [9.17, 15) is 24.6 Å². The number of methoxy groups -OCH3 is 2. The second-order valence-corrected chi connectivity index (χ2v) is 9.55. The molecule has 2 heterocycles. The zero-order valence-corrected chi connectivity index (χ0v) is 21.7. The van der Waals surface area contributed by atoms with Crippen LogP contribution in [0.5, 0.6) is 28.7 Å². The minimum Gasteiger partial charge on any atom is -0.507 e. The molecule has 0 saturated carbocycles. The fourth-order valence-corrected chi connectivity index (χ4v) is 4.92. The first-order valence-corrected chi connectivity index (χ1v) is 12.7. The molecule has 0 amide bonds. The average molecular weight is 525 g/mol. The van der Waals surface area contributed by atoms with Crippen LogP contribution in [0.1, 0.15) is 84.8 Å². The van der Waals surface area contributed by atoms with Crippen LogP contribution >= 0.6 is 0 Å². The number of cyclic esters (lactones) is 1. The molecule has 0 spiro atoms. The Labute approximate surface area is 221 Å². The third-order valence-corrected chi connectivity index (χ3v) is 6.88. The Morgan fingerprint density at radius 2 is 1.63 bits per heavy atom. The van der Waals surface area contributed by atoms with Crippen molar-refractivity contribution < 1.29 is 43.5 Å². The number of hydrogen-bond donors (Lipinski definition) is 2. The summed E-state index contributed by atoms with van der Waals surface area (Å²) in [5, 5.41) is 21.9. The van der Waals surface area contributed by atoms with Crippen molar-refractivity contribution in [3.8, 4) is 28.7 Å². The van der Waals surface area contributed by atoms with Gasteiger partial charge in [0.25, 0.3) is 0 Å². The lowest BCUT2D eigenvalue weighted by molar-refractivity contribution is -0.135. The van der Waals surface area contributed by atoms with Crippen LogP contribution in [0.25, 0.3) is 6.08 Å². The third-order valence-electron chi connectivity index (χ3n) is 6.88. The van der Waals surface area contributed by atoms with Gasteiger partial charge >= 0.3 is 11.9 Å². The van der Waals surface area contributed by atoms with Crippen molar-refractivity contribution in [2.45, 2.75) is 63.9 Å². The predicted molar refractivity (Wildman–Crippen MR) is 138 cm³/mol. The minimum absolute atomic E-state index is 0.0272. The number of hydrogen-bond acceptors (Lipinski definition) is 9. The van der Waals surface area contributed by atoms with Gasteiger partial charge in [0.2, 0.25) is 5.75 Å². The molecule has 38 heavy (non-hydrogen) atoms. The molecule has 2 aliphatic heterocycles. The van der Waals surface area contributed by atoms with Crippen LogP contribution in [-0.4, -0.2) is 48.3 Å². The molecule has 9 heteroatoms. The van der Waals surface area contributed by atoms with Gasteiger partial charge in [-0.25, -0.2) is 4.79 Å². The maximum Gasteiger partial charge on any atom is 0.342 e. The molecule has 0 aromatic heterocycles. The van der Waals surface area contributed by atoms with E-state index in [-0.39, 0.29) is 52.1 Å². The van der Waals surface area contributed by atoms with Crippen molar-refractivity contribution in [2.24, 2.45) is 0 Å². The molecular formula is C29H32O9. The number of esters is 2. The quantitative estimate of drug-likeness (QED) is 0.419. The zero-order valence-electron chi connectivity index (χ0n) is 21.7. The molecule has 2 aromatic rings. The van der Waals surface area contributed by atoms with Crippen molar-refractivity contribution in [1.29, 1.82) is 0 Å². The highest BCUT2D eigenvalue weighted by Gasteiger charge is 2.36. The van der Waals surface area contributed by atoms with Gasteiger partial charge in [-0.05, 0) is 61.9 Å². The first kappa shape index (κ1) is 27.0. The minimum atomic E-state index is -0.715. The standard InChI is InChI=1S/C29H32O9/c1-16-8-7-11-19(30)10-6-4-5-9-17-12-21-26(28(33)25(17)29(34)37-16)20(15-24(31)38-21)18-13-22(35-2)27(32)23(14-18)36-3/h5,9,12-14,16,20,32-33H,4,6-8,10-11,15H2,1-3H3/b9-5+/t16-,20?/m0/s1.